The van der Waals surface area contributed by atoms with Crippen LogP contribution in [0.4, 0.5) is 0 Å². The predicted molar refractivity (Wildman–Crippen MR) is 34.5 cm³/mol. The summed E-state index contributed by atoms with van der Waals surface area (Å²) in [6.07, 6.45) is 1.97. The summed E-state index contributed by atoms with van der Waals surface area (Å²) in [6, 6.07) is 0. The second kappa shape index (κ2) is 2.36. The van der Waals surface area contributed by atoms with Crippen LogP contribution in [0.5, 0.6) is 0 Å². The molecule has 1 aliphatic carbocycles. The topological polar surface area (TPSA) is 66.2 Å². The molecule has 0 amide bonds. The van der Waals surface area contributed by atoms with Gasteiger partial charge in [-0.15, -0.1) is 0 Å². The molecule has 0 radical (unpaired) electrons. The zero-order valence-corrected chi connectivity index (χ0v) is 5.95. The molecule has 4 heteroatoms. The first-order valence-corrected chi connectivity index (χ1v) is 4.19. The fraction of sp³-hybridized carbons (Fsp3) is 1.00. The third-order valence-electron chi connectivity index (χ3n) is 1.81. The lowest BCUT2D eigenvalue weighted by Crippen LogP contribution is -2.21. The Hall–Kier alpha value is 0.0700. The van der Waals surface area contributed by atoms with Gasteiger partial charge < -0.3 is 10.3 Å². The molecule has 1 unspecified atom stereocenters. The second-order valence-electron chi connectivity index (χ2n) is 2.65. The summed E-state index contributed by atoms with van der Waals surface area (Å²) < 4.78 is 20.3. The van der Waals surface area contributed by atoms with Gasteiger partial charge in [-0.05, 0) is 24.8 Å². The van der Waals surface area contributed by atoms with Crippen LogP contribution in [0.1, 0.15) is 12.8 Å². The molecule has 0 saturated heterocycles. The Balaban J connectivity index is 2.33. The lowest BCUT2D eigenvalue weighted by atomic mass is 10.1. The van der Waals surface area contributed by atoms with Crippen LogP contribution >= 0.6 is 0 Å². The van der Waals surface area contributed by atoms with Crippen molar-refractivity contribution >= 4 is 11.1 Å². The first-order chi connectivity index (χ1) is 4.18. The maximum atomic E-state index is 10.2. The van der Waals surface area contributed by atoms with Crippen molar-refractivity contribution in [1.82, 2.24) is 0 Å². The van der Waals surface area contributed by atoms with E-state index in [0.717, 1.165) is 12.8 Å². The molecule has 0 aromatic carbocycles. The van der Waals surface area contributed by atoms with Crippen molar-refractivity contribution in [3.63, 3.8) is 0 Å². The number of hydrogen-bond acceptors (Lipinski definition) is 3. The van der Waals surface area contributed by atoms with Gasteiger partial charge in [0.2, 0.25) is 0 Å². The highest BCUT2D eigenvalue weighted by atomic mass is 32.2. The molecule has 1 atom stereocenters. The average molecular weight is 148 g/mol. The first kappa shape index (κ1) is 7.18. The van der Waals surface area contributed by atoms with Crippen LogP contribution in [-0.4, -0.2) is 21.1 Å². The van der Waals surface area contributed by atoms with Crippen LogP contribution in [-0.2, 0) is 11.1 Å². The summed E-state index contributed by atoms with van der Waals surface area (Å²) in [4.78, 5) is 0. The van der Waals surface area contributed by atoms with E-state index in [1.807, 2.05) is 0 Å². The van der Waals surface area contributed by atoms with E-state index in [1.165, 1.54) is 0 Å². The van der Waals surface area contributed by atoms with Gasteiger partial charge in [0.05, 0.1) is 0 Å². The third-order valence-corrected chi connectivity index (χ3v) is 2.66. The van der Waals surface area contributed by atoms with E-state index in [0.29, 0.717) is 6.54 Å². The van der Waals surface area contributed by atoms with Crippen molar-refractivity contribution < 1.29 is 8.76 Å². The maximum absolute atomic E-state index is 10.2. The van der Waals surface area contributed by atoms with Gasteiger partial charge in [0.1, 0.15) is 0 Å². The van der Waals surface area contributed by atoms with Crippen LogP contribution in [0.15, 0.2) is 0 Å². The summed E-state index contributed by atoms with van der Waals surface area (Å²) in [5.41, 5.74) is 5.32. The molecule has 0 heterocycles. The Kier molecular flexibility index (Phi) is 1.88. The zero-order valence-electron chi connectivity index (χ0n) is 5.13. The Morgan fingerprint density at radius 3 is 2.33 bits per heavy atom. The van der Waals surface area contributed by atoms with Crippen molar-refractivity contribution in [2.24, 2.45) is 11.1 Å². The van der Waals surface area contributed by atoms with Crippen LogP contribution < -0.4 is 5.73 Å². The van der Waals surface area contributed by atoms with Crippen molar-refractivity contribution in [3.05, 3.63) is 0 Å². The van der Waals surface area contributed by atoms with E-state index in [9.17, 15) is 8.76 Å². The highest BCUT2D eigenvalue weighted by Crippen LogP contribution is 2.44. The highest BCUT2D eigenvalue weighted by Gasteiger charge is 2.40. The minimum Gasteiger partial charge on any atom is -0.772 e. The zero-order chi connectivity index (χ0) is 6.91. The van der Waals surface area contributed by atoms with E-state index in [4.69, 9.17) is 5.73 Å². The Labute approximate surface area is 56.9 Å². The standard InChI is InChI=1S/C5H11NO2S/c6-3-5(1-2-5)4-9(7)8/h1-4,6H2,(H,7,8)/p-1. The van der Waals surface area contributed by atoms with Gasteiger partial charge in [0.25, 0.3) is 0 Å². The minimum absolute atomic E-state index is 0.0212. The molecule has 0 aliphatic heterocycles. The van der Waals surface area contributed by atoms with E-state index < -0.39 is 11.1 Å². The van der Waals surface area contributed by atoms with Crippen LogP contribution in [0.3, 0.4) is 0 Å². The van der Waals surface area contributed by atoms with Gasteiger partial charge in [0, 0.05) is 5.75 Å². The van der Waals surface area contributed by atoms with Crippen LogP contribution in [0, 0.1) is 5.41 Å². The summed E-state index contributed by atoms with van der Waals surface area (Å²) in [5.74, 6) is 0.253. The van der Waals surface area contributed by atoms with E-state index in [1.54, 1.807) is 0 Å². The molecule has 1 fully saturated rings. The third kappa shape index (κ3) is 1.74. The van der Waals surface area contributed by atoms with E-state index in [-0.39, 0.29) is 11.2 Å². The molecule has 54 valence electrons. The van der Waals surface area contributed by atoms with Crippen molar-refractivity contribution in [1.29, 1.82) is 0 Å². The molecule has 2 N–H and O–H groups in total. The molecule has 0 spiro atoms. The lowest BCUT2D eigenvalue weighted by molar-refractivity contribution is 0.507. The van der Waals surface area contributed by atoms with Gasteiger partial charge in [-0.3, -0.25) is 4.21 Å². The summed E-state index contributed by atoms with van der Waals surface area (Å²) in [5, 5.41) is 0. The molecule has 1 saturated carbocycles. The number of rotatable bonds is 3. The van der Waals surface area contributed by atoms with Crippen molar-refractivity contribution in [2.45, 2.75) is 12.8 Å². The van der Waals surface area contributed by atoms with Crippen LogP contribution in [0.25, 0.3) is 0 Å². The molecule has 9 heavy (non-hydrogen) atoms. The quantitative estimate of drug-likeness (QED) is 0.554. The number of hydrogen-bond donors (Lipinski definition) is 1. The molecule has 1 aliphatic rings. The first-order valence-electron chi connectivity index (χ1n) is 2.94. The monoisotopic (exact) mass is 148 g/mol. The molecule has 1 rings (SSSR count). The second-order valence-corrected chi connectivity index (χ2v) is 3.55. The molecule has 0 aromatic rings. The molecule has 0 bridgehead atoms. The largest absolute Gasteiger partial charge is 0.772 e. The SMILES string of the molecule is NCC1(CS(=O)[O-])CC1. The average Bonchev–Trinajstić information content (AvgIpc) is 2.48. The molecule has 3 nitrogen and oxygen atoms in total. The van der Waals surface area contributed by atoms with Gasteiger partial charge in [0.15, 0.2) is 0 Å². The smallest absolute Gasteiger partial charge is 0.0170 e. The maximum Gasteiger partial charge on any atom is 0.0170 e. The predicted octanol–water partition coefficient (Wildman–Crippen LogP) is -0.396. The summed E-state index contributed by atoms with van der Waals surface area (Å²) in [7, 11) is 0. The molecular weight excluding hydrogens is 138 g/mol. The molecular formula is C5H10NO2S-. The van der Waals surface area contributed by atoms with Gasteiger partial charge >= 0.3 is 0 Å². The van der Waals surface area contributed by atoms with E-state index in [2.05, 4.69) is 0 Å². The van der Waals surface area contributed by atoms with Crippen molar-refractivity contribution in [2.75, 3.05) is 12.3 Å². The van der Waals surface area contributed by atoms with E-state index >= 15 is 0 Å². The van der Waals surface area contributed by atoms with Crippen molar-refractivity contribution in [3.8, 4) is 0 Å². The normalized spacial score (nSPS) is 25.6. The fourth-order valence-electron chi connectivity index (χ4n) is 0.834. The van der Waals surface area contributed by atoms with Crippen LogP contribution in [0.2, 0.25) is 0 Å². The Morgan fingerprint density at radius 2 is 2.22 bits per heavy atom. The van der Waals surface area contributed by atoms with Gasteiger partial charge in [-0.2, -0.15) is 0 Å². The Morgan fingerprint density at radius 1 is 1.67 bits per heavy atom. The summed E-state index contributed by atoms with van der Waals surface area (Å²) >= 11 is -1.90. The number of nitrogens with two attached hydrogens (primary N) is 1. The highest BCUT2D eigenvalue weighted by molar-refractivity contribution is 7.79. The van der Waals surface area contributed by atoms with Gasteiger partial charge in [-0.1, -0.05) is 11.1 Å². The fourth-order valence-corrected chi connectivity index (χ4v) is 1.74. The lowest BCUT2D eigenvalue weighted by Gasteiger charge is -2.12. The van der Waals surface area contributed by atoms with Gasteiger partial charge in [-0.25, -0.2) is 0 Å². The molecule has 0 aromatic heterocycles. The summed E-state index contributed by atoms with van der Waals surface area (Å²) in [6.45, 7) is 0.515. The minimum atomic E-state index is -1.90. The Bertz CT molecular complexity index is 133.